The molecular formula is C19H18N4O. The Bertz CT molecular complexity index is 881. The van der Waals surface area contributed by atoms with Crippen LogP contribution in [0, 0.1) is 6.92 Å². The molecule has 0 radical (unpaired) electrons. The zero-order valence-corrected chi connectivity index (χ0v) is 13.6. The van der Waals surface area contributed by atoms with Crippen molar-refractivity contribution in [2.45, 2.75) is 13.8 Å². The average molecular weight is 318 g/mol. The molecule has 0 aliphatic rings. The van der Waals surface area contributed by atoms with E-state index in [9.17, 15) is 4.79 Å². The minimum absolute atomic E-state index is 0.209. The van der Waals surface area contributed by atoms with Crippen LogP contribution in [-0.2, 0) is 4.79 Å². The number of nitrogens with zero attached hydrogens (tertiary/aromatic N) is 3. The topological polar surface area (TPSA) is 59.3 Å². The van der Waals surface area contributed by atoms with Crippen molar-refractivity contribution in [3.63, 3.8) is 0 Å². The van der Waals surface area contributed by atoms with Crippen LogP contribution in [0.15, 0.2) is 65.9 Å². The van der Waals surface area contributed by atoms with E-state index in [0.717, 1.165) is 28.1 Å². The van der Waals surface area contributed by atoms with Crippen molar-refractivity contribution >= 4 is 12.1 Å². The SMILES string of the molecule is CC(=O)N/N=C\c1cn(-c2ccccc2C)nc1-c1ccccc1. The van der Waals surface area contributed by atoms with E-state index in [4.69, 9.17) is 5.10 Å². The second-order valence-electron chi connectivity index (χ2n) is 5.46. The molecule has 0 spiro atoms. The lowest BCUT2D eigenvalue weighted by atomic mass is 10.1. The summed E-state index contributed by atoms with van der Waals surface area (Å²) in [6, 6.07) is 18.0. The van der Waals surface area contributed by atoms with E-state index in [2.05, 4.69) is 10.5 Å². The molecule has 2 aromatic carbocycles. The molecule has 5 heteroatoms. The van der Waals surface area contributed by atoms with Gasteiger partial charge in [0, 0.05) is 24.2 Å². The van der Waals surface area contributed by atoms with Gasteiger partial charge in [-0.15, -0.1) is 0 Å². The Morgan fingerprint density at radius 2 is 1.83 bits per heavy atom. The molecule has 1 aromatic heterocycles. The van der Waals surface area contributed by atoms with Gasteiger partial charge in [-0.3, -0.25) is 4.79 Å². The third kappa shape index (κ3) is 3.41. The van der Waals surface area contributed by atoms with Gasteiger partial charge in [-0.2, -0.15) is 10.2 Å². The fraction of sp³-hybridized carbons (Fsp3) is 0.105. The maximum absolute atomic E-state index is 11.0. The van der Waals surface area contributed by atoms with Crippen molar-refractivity contribution < 1.29 is 4.79 Å². The molecule has 0 saturated heterocycles. The normalized spacial score (nSPS) is 10.9. The maximum atomic E-state index is 11.0. The van der Waals surface area contributed by atoms with Crippen LogP contribution in [-0.4, -0.2) is 21.9 Å². The molecule has 3 rings (SSSR count). The molecule has 0 aliphatic heterocycles. The van der Waals surface area contributed by atoms with Gasteiger partial charge in [0.2, 0.25) is 5.91 Å². The number of amides is 1. The van der Waals surface area contributed by atoms with Gasteiger partial charge in [0.25, 0.3) is 0 Å². The fourth-order valence-electron chi connectivity index (χ4n) is 2.44. The number of rotatable bonds is 4. The number of carbonyl (C=O) groups excluding carboxylic acids is 1. The molecule has 0 saturated carbocycles. The third-order valence-corrected chi connectivity index (χ3v) is 3.58. The molecule has 1 amide bonds. The Balaban J connectivity index is 2.07. The number of aromatic nitrogens is 2. The van der Waals surface area contributed by atoms with Crippen LogP contribution < -0.4 is 5.43 Å². The van der Waals surface area contributed by atoms with E-state index < -0.39 is 0 Å². The average Bonchev–Trinajstić information content (AvgIpc) is 3.00. The number of aryl methyl sites for hydroxylation is 1. The molecule has 0 atom stereocenters. The largest absolute Gasteiger partial charge is 0.274 e. The van der Waals surface area contributed by atoms with Crippen molar-refractivity contribution in [2.24, 2.45) is 5.10 Å². The highest BCUT2D eigenvalue weighted by Crippen LogP contribution is 2.23. The van der Waals surface area contributed by atoms with Gasteiger partial charge in [-0.05, 0) is 18.6 Å². The Labute approximate surface area is 140 Å². The lowest BCUT2D eigenvalue weighted by Gasteiger charge is -2.04. The number of benzene rings is 2. The second-order valence-corrected chi connectivity index (χ2v) is 5.46. The van der Waals surface area contributed by atoms with Gasteiger partial charge in [0.05, 0.1) is 11.9 Å². The minimum atomic E-state index is -0.209. The first-order valence-corrected chi connectivity index (χ1v) is 7.66. The summed E-state index contributed by atoms with van der Waals surface area (Å²) in [4.78, 5) is 11.0. The summed E-state index contributed by atoms with van der Waals surface area (Å²) < 4.78 is 1.84. The molecule has 3 aromatic rings. The van der Waals surface area contributed by atoms with Gasteiger partial charge in [-0.1, -0.05) is 48.5 Å². The van der Waals surface area contributed by atoms with Crippen molar-refractivity contribution in [1.82, 2.24) is 15.2 Å². The van der Waals surface area contributed by atoms with Crippen LogP contribution in [0.3, 0.4) is 0 Å². The highest BCUT2D eigenvalue weighted by atomic mass is 16.2. The minimum Gasteiger partial charge on any atom is -0.274 e. The van der Waals surface area contributed by atoms with Gasteiger partial charge in [0.15, 0.2) is 0 Å². The number of carbonyl (C=O) groups is 1. The summed E-state index contributed by atoms with van der Waals surface area (Å²) in [6.07, 6.45) is 3.53. The number of para-hydroxylation sites is 1. The maximum Gasteiger partial charge on any atom is 0.236 e. The van der Waals surface area contributed by atoms with Crippen LogP contribution in [0.5, 0.6) is 0 Å². The first-order chi connectivity index (χ1) is 11.6. The Kier molecular flexibility index (Phi) is 4.52. The van der Waals surface area contributed by atoms with Gasteiger partial charge < -0.3 is 0 Å². The summed E-state index contributed by atoms with van der Waals surface area (Å²) in [6.45, 7) is 3.47. The monoisotopic (exact) mass is 318 g/mol. The Hall–Kier alpha value is -3.21. The zero-order chi connectivity index (χ0) is 16.9. The first-order valence-electron chi connectivity index (χ1n) is 7.66. The summed E-state index contributed by atoms with van der Waals surface area (Å²) in [5.41, 5.74) is 7.20. The van der Waals surface area contributed by atoms with E-state index >= 15 is 0 Å². The van der Waals surface area contributed by atoms with Crippen molar-refractivity contribution in [1.29, 1.82) is 0 Å². The predicted octanol–water partition coefficient (Wildman–Crippen LogP) is 3.32. The number of hydrazone groups is 1. The lowest BCUT2D eigenvalue weighted by Crippen LogP contribution is -2.12. The van der Waals surface area contributed by atoms with Gasteiger partial charge >= 0.3 is 0 Å². The number of hydrogen-bond donors (Lipinski definition) is 1. The molecule has 1 N–H and O–H groups in total. The summed E-state index contributed by atoms with van der Waals surface area (Å²) in [7, 11) is 0. The van der Waals surface area contributed by atoms with E-state index in [1.54, 1.807) is 6.21 Å². The van der Waals surface area contributed by atoms with E-state index in [0.29, 0.717) is 0 Å². The highest BCUT2D eigenvalue weighted by molar-refractivity contribution is 5.89. The molecule has 0 fully saturated rings. The molecule has 1 heterocycles. The molecule has 5 nitrogen and oxygen atoms in total. The van der Waals surface area contributed by atoms with E-state index in [1.165, 1.54) is 6.92 Å². The Morgan fingerprint density at radius 1 is 1.12 bits per heavy atom. The summed E-state index contributed by atoms with van der Waals surface area (Å²) in [5.74, 6) is -0.209. The van der Waals surface area contributed by atoms with Crippen molar-refractivity contribution in [3.05, 3.63) is 71.9 Å². The van der Waals surface area contributed by atoms with Gasteiger partial charge in [0.1, 0.15) is 5.69 Å². The first kappa shape index (κ1) is 15.7. The van der Waals surface area contributed by atoms with E-state index in [1.807, 2.05) is 72.4 Å². The molecule has 0 bridgehead atoms. The molecule has 120 valence electrons. The highest BCUT2D eigenvalue weighted by Gasteiger charge is 2.11. The molecular weight excluding hydrogens is 300 g/mol. The van der Waals surface area contributed by atoms with Crippen LogP contribution in [0.2, 0.25) is 0 Å². The third-order valence-electron chi connectivity index (χ3n) is 3.58. The van der Waals surface area contributed by atoms with E-state index in [-0.39, 0.29) is 5.91 Å². The Morgan fingerprint density at radius 3 is 2.54 bits per heavy atom. The molecule has 0 aliphatic carbocycles. The fourth-order valence-corrected chi connectivity index (χ4v) is 2.44. The van der Waals surface area contributed by atoms with Crippen molar-refractivity contribution in [2.75, 3.05) is 0 Å². The number of nitrogens with one attached hydrogen (secondary N) is 1. The van der Waals surface area contributed by atoms with Crippen LogP contribution >= 0.6 is 0 Å². The predicted molar refractivity (Wildman–Crippen MR) is 95.1 cm³/mol. The molecule has 24 heavy (non-hydrogen) atoms. The smallest absolute Gasteiger partial charge is 0.236 e. The number of hydrogen-bond acceptors (Lipinski definition) is 3. The van der Waals surface area contributed by atoms with Crippen LogP contribution in [0.25, 0.3) is 16.9 Å². The summed E-state index contributed by atoms with van der Waals surface area (Å²) in [5, 5.41) is 8.70. The lowest BCUT2D eigenvalue weighted by molar-refractivity contribution is -0.118. The summed E-state index contributed by atoms with van der Waals surface area (Å²) >= 11 is 0. The standard InChI is InChI=1S/C19H18N4O/c1-14-8-6-7-11-18(14)23-13-17(12-20-21-15(2)24)19(22-23)16-9-4-3-5-10-16/h3-13H,1-2H3,(H,21,24)/b20-12-. The quantitative estimate of drug-likeness (QED) is 0.592. The second kappa shape index (κ2) is 6.91. The van der Waals surface area contributed by atoms with Crippen LogP contribution in [0.1, 0.15) is 18.1 Å². The van der Waals surface area contributed by atoms with Crippen LogP contribution in [0.4, 0.5) is 0 Å². The van der Waals surface area contributed by atoms with Crippen molar-refractivity contribution in [3.8, 4) is 16.9 Å². The van der Waals surface area contributed by atoms with Gasteiger partial charge in [-0.25, -0.2) is 10.1 Å². The molecule has 0 unspecified atom stereocenters. The zero-order valence-electron chi connectivity index (χ0n) is 13.6.